The molecule has 0 radical (unpaired) electrons. The van der Waals surface area contributed by atoms with Gasteiger partial charge in [0.2, 0.25) is 15.9 Å². The molecule has 2 heterocycles. The summed E-state index contributed by atoms with van der Waals surface area (Å²) < 4.78 is 67.9. The molecule has 1 saturated heterocycles. The van der Waals surface area contributed by atoms with E-state index in [4.69, 9.17) is 0 Å². The molecule has 8 nitrogen and oxygen atoms in total. The zero-order chi connectivity index (χ0) is 21.9. The Labute approximate surface area is 172 Å². The highest BCUT2D eigenvalue weighted by atomic mass is 32.2. The molecule has 0 bridgehead atoms. The van der Waals surface area contributed by atoms with Crippen LogP contribution in [0, 0.1) is 5.92 Å². The van der Waals surface area contributed by atoms with Crippen LogP contribution in [0.4, 0.5) is 13.2 Å². The zero-order valence-electron chi connectivity index (χ0n) is 16.2. The van der Waals surface area contributed by atoms with E-state index in [1.807, 2.05) is 6.92 Å². The number of hydrogen-bond acceptors (Lipinski definition) is 5. The van der Waals surface area contributed by atoms with Crippen molar-refractivity contribution in [3.8, 4) is 0 Å². The van der Waals surface area contributed by atoms with Gasteiger partial charge >= 0.3 is 6.18 Å². The Morgan fingerprint density at radius 1 is 1.27 bits per heavy atom. The van der Waals surface area contributed by atoms with Gasteiger partial charge in [0.1, 0.15) is 12.7 Å². The number of carbonyl (C=O) groups excluding carboxylic acids is 1. The standard InChI is InChI=1S/C18H22F3N5O3S/c1-13(10-25-12-22-11-23-25)24-17(27)14-6-8-26(9-7-14)30(28,29)16-5-3-2-4-15(16)18(19,20)21/h2-5,11-14H,6-10H2,1H3,(H,24,27). The van der Waals surface area contributed by atoms with Crippen LogP contribution in [0.25, 0.3) is 0 Å². The molecule has 1 N–H and O–H groups in total. The fourth-order valence-electron chi connectivity index (χ4n) is 3.44. The Bertz CT molecular complexity index is 971. The van der Waals surface area contributed by atoms with Crippen molar-refractivity contribution in [2.45, 2.75) is 43.4 Å². The number of amides is 1. The molecular weight excluding hydrogens is 423 g/mol. The Hall–Kier alpha value is -2.47. The van der Waals surface area contributed by atoms with Crippen LogP contribution >= 0.6 is 0 Å². The summed E-state index contributed by atoms with van der Waals surface area (Å²) in [5.41, 5.74) is -1.19. The molecule has 1 aliphatic heterocycles. The lowest BCUT2D eigenvalue weighted by molar-refractivity contribution is -0.139. The molecule has 12 heteroatoms. The van der Waals surface area contributed by atoms with Gasteiger partial charge in [-0.2, -0.15) is 22.6 Å². The second-order valence-corrected chi connectivity index (χ2v) is 9.11. The summed E-state index contributed by atoms with van der Waals surface area (Å²) in [4.78, 5) is 15.5. The van der Waals surface area contributed by atoms with Crippen LogP contribution in [-0.2, 0) is 27.5 Å². The molecule has 1 unspecified atom stereocenters. The van der Waals surface area contributed by atoms with E-state index in [0.29, 0.717) is 6.54 Å². The van der Waals surface area contributed by atoms with Gasteiger partial charge in [-0.25, -0.2) is 13.4 Å². The third kappa shape index (κ3) is 4.98. The molecule has 0 spiro atoms. The molecule has 30 heavy (non-hydrogen) atoms. The fraction of sp³-hybridized carbons (Fsp3) is 0.500. The van der Waals surface area contributed by atoms with Crippen molar-refractivity contribution in [2.24, 2.45) is 5.92 Å². The largest absolute Gasteiger partial charge is 0.417 e. The summed E-state index contributed by atoms with van der Waals surface area (Å²) >= 11 is 0. The Morgan fingerprint density at radius 2 is 1.93 bits per heavy atom. The number of rotatable bonds is 6. The van der Waals surface area contributed by atoms with E-state index in [2.05, 4.69) is 15.4 Å². The highest BCUT2D eigenvalue weighted by Crippen LogP contribution is 2.36. The summed E-state index contributed by atoms with van der Waals surface area (Å²) in [6.45, 7) is 2.20. The van der Waals surface area contributed by atoms with Gasteiger partial charge in [-0.3, -0.25) is 9.48 Å². The Morgan fingerprint density at radius 3 is 2.53 bits per heavy atom. The average Bonchev–Trinajstić information content (AvgIpc) is 3.20. The molecule has 1 fully saturated rings. The summed E-state index contributed by atoms with van der Waals surface area (Å²) in [6.07, 6.45) is -1.39. The molecule has 1 aromatic heterocycles. The first kappa shape index (κ1) is 22.2. The first-order chi connectivity index (χ1) is 14.1. The van der Waals surface area contributed by atoms with Crippen LogP contribution in [0.5, 0.6) is 0 Å². The second-order valence-electron chi connectivity index (χ2n) is 7.20. The highest BCUT2D eigenvalue weighted by molar-refractivity contribution is 7.89. The predicted octanol–water partition coefficient (Wildman–Crippen LogP) is 1.90. The van der Waals surface area contributed by atoms with Crippen molar-refractivity contribution >= 4 is 15.9 Å². The molecule has 1 aromatic carbocycles. The monoisotopic (exact) mass is 445 g/mol. The molecule has 1 amide bonds. The quantitative estimate of drug-likeness (QED) is 0.733. The van der Waals surface area contributed by atoms with Crippen LogP contribution < -0.4 is 5.32 Å². The lowest BCUT2D eigenvalue weighted by atomic mass is 9.97. The average molecular weight is 445 g/mol. The lowest BCUT2D eigenvalue weighted by Gasteiger charge is -2.31. The Kier molecular flexibility index (Phi) is 6.46. The lowest BCUT2D eigenvalue weighted by Crippen LogP contribution is -2.45. The van der Waals surface area contributed by atoms with Gasteiger partial charge in [-0.1, -0.05) is 12.1 Å². The normalized spacial score (nSPS) is 17.6. The minimum absolute atomic E-state index is 0.0237. The van der Waals surface area contributed by atoms with Gasteiger partial charge in [0.15, 0.2) is 0 Å². The van der Waals surface area contributed by atoms with Crippen LogP contribution in [0.15, 0.2) is 41.8 Å². The van der Waals surface area contributed by atoms with E-state index < -0.39 is 32.6 Å². The number of carbonyl (C=O) groups is 1. The van der Waals surface area contributed by atoms with Crippen molar-refractivity contribution in [3.63, 3.8) is 0 Å². The molecule has 3 rings (SSSR count). The summed E-state index contributed by atoms with van der Waals surface area (Å²) in [5, 5.41) is 6.82. The predicted molar refractivity (Wildman–Crippen MR) is 101 cm³/mol. The van der Waals surface area contributed by atoms with Crippen molar-refractivity contribution < 1.29 is 26.4 Å². The molecule has 0 saturated carbocycles. The second kappa shape index (κ2) is 8.72. The zero-order valence-corrected chi connectivity index (χ0v) is 17.0. The van der Waals surface area contributed by atoms with Crippen LogP contribution in [0.2, 0.25) is 0 Å². The molecule has 164 valence electrons. The molecule has 1 aliphatic rings. The summed E-state index contributed by atoms with van der Waals surface area (Å²) in [5.74, 6) is -0.622. The number of piperidine rings is 1. The number of sulfonamides is 1. The highest BCUT2D eigenvalue weighted by Gasteiger charge is 2.40. The maximum Gasteiger partial charge on any atom is 0.417 e. The van der Waals surface area contributed by atoms with Crippen LogP contribution in [-0.4, -0.2) is 52.5 Å². The third-order valence-corrected chi connectivity index (χ3v) is 6.91. The van der Waals surface area contributed by atoms with Crippen molar-refractivity contribution in [1.29, 1.82) is 0 Å². The first-order valence-electron chi connectivity index (χ1n) is 9.38. The molecule has 2 aromatic rings. The van der Waals surface area contributed by atoms with Gasteiger partial charge in [0, 0.05) is 25.0 Å². The maximum atomic E-state index is 13.2. The number of aromatic nitrogens is 3. The van der Waals surface area contributed by atoms with E-state index in [1.54, 1.807) is 4.68 Å². The van der Waals surface area contributed by atoms with E-state index >= 15 is 0 Å². The van der Waals surface area contributed by atoms with Crippen molar-refractivity contribution in [1.82, 2.24) is 24.4 Å². The smallest absolute Gasteiger partial charge is 0.352 e. The number of nitrogens with zero attached hydrogens (tertiary/aromatic N) is 4. The number of nitrogens with one attached hydrogen (secondary N) is 1. The minimum Gasteiger partial charge on any atom is -0.352 e. The van der Waals surface area contributed by atoms with Crippen molar-refractivity contribution in [3.05, 3.63) is 42.5 Å². The van der Waals surface area contributed by atoms with Crippen LogP contribution in [0.1, 0.15) is 25.3 Å². The van der Waals surface area contributed by atoms with E-state index in [9.17, 15) is 26.4 Å². The van der Waals surface area contributed by atoms with Gasteiger partial charge < -0.3 is 5.32 Å². The fourth-order valence-corrected chi connectivity index (χ4v) is 5.12. The molecular formula is C18H22F3N5O3S. The van der Waals surface area contributed by atoms with Gasteiger partial charge in [-0.15, -0.1) is 0 Å². The third-order valence-electron chi connectivity index (χ3n) is 4.95. The van der Waals surface area contributed by atoms with E-state index in [0.717, 1.165) is 22.5 Å². The number of alkyl halides is 3. The van der Waals surface area contributed by atoms with Crippen LogP contribution in [0.3, 0.4) is 0 Å². The van der Waals surface area contributed by atoms with E-state index in [1.165, 1.54) is 18.7 Å². The molecule has 1 atom stereocenters. The van der Waals surface area contributed by atoms with Gasteiger partial charge in [0.05, 0.1) is 17.0 Å². The summed E-state index contributed by atoms with van der Waals surface area (Å²) in [6, 6.07) is 3.92. The minimum atomic E-state index is -4.78. The topological polar surface area (TPSA) is 97.2 Å². The summed E-state index contributed by atoms with van der Waals surface area (Å²) in [7, 11) is -4.32. The first-order valence-corrected chi connectivity index (χ1v) is 10.8. The Balaban J connectivity index is 1.62. The van der Waals surface area contributed by atoms with E-state index in [-0.39, 0.29) is 37.9 Å². The van der Waals surface area contributed by atoms with Gasteiger partial charge in [0.25, 0.3) is 0 Å². The number of halogens is 3. The number of hydrogen-bond donors (Lipinski definition) is 1. The SMILES string of the molecule is CC(Cn1cncn1)NC(=O)C1CCN(S(=O)(=O)c2ccccc2C(F)(F)F)CC1. The molecule has 0 aliphatic carbocycles. The van der Waals surface area contributed by atoms with Gasteiger partial charge in [-0.05, 0) is 31.9 Å². The maximum absolute atomic E-state index is 13.2. The van der Waals surface area contributed by atoms with Crippen molar-refractivity contribution in [2.75, 3.05) is 13.1 Å². The number of benzene rings is 1.